The number of anilines is 1. The molecule has 8 nitrogen and oxygen atoms in total. The molecular formula is C26H23BrClN5O3S. The Kier molecular flexibility index (Phi) is 8.86. The van der Waals surface area contributed by atoms with Crippen molar-refractivity contribution < 1.29 is 14.3 Å². The first-order chi connectivity index (χ1) is 17.8. The summed E-state index contributed by atoms with van der Waals surface area (Å²) in [6, 6.07) is 20.0. The van der Waals surface area contributed by atoms with E-state index in [9.17, 15) is 9.59 Å². The van der Waals surface area contributed by atoms with Gasteiger partial charge in [0.2, 0.25) is 5.91 Å². The van der Waals surface area contributed by atoms with E-state index in [1.54, 1.807) is 49.6 Å². The van der Waals surface area contributed by atoms with Crippen molar-refractivity contribution in [3.63, 3.8) is 0 Å². The third-order valence-corrected chi connectivity index (χ3v) is 7.00. The summed E-state index contributed by atoms with van der Waals surface area (Å²) < 4.78 is 7.73. The van der Waals surface area contributed by atoms with Gasteiger partial charge in [0.25, 0.3) is 5.91 Å². The number of thioether (sulfide) groups is 1. The van der Waals surface area contributed by atoms with E-state index in [0.29, 0.717) is 33.0 Å². The van der Waals surface area contributed by atoms with E-state index in [0.717, 1.165) is 15.7 Å². The average molecular weight is 601 g/mol. The first kappa shape index (κ1) is 26.7. The van der Waals surface area contributed by atoms with E-state index in [-0.39, 0.29) is 24.1 Å². The summed E-state index contributed by atoms with van der Waals surface area (Å²) in [5, 5.41) is 15.2. The minimum Gasteiger partial charge on any atom is -0.497 e. The van der Waals surface area contributed by atoms with E-state index in [1.807, 2.05) is 35.8 Å². The highest BCUT2D eigenvalue weighted by Crippen LogP contribution is 2.24. The molecule has 0 atom stereocenters. The molecule has 0 bridgehead atoms. The molecule has 190 valence electrons. The number of benzene rings is 3. The quantitative estimate of drug-likeness (QED) is 0.241. The van der Waals surface area contributed by atoms with E-state index in [4.69, 9.17) is 16.3 Å². The molecule has 0 saturated carbocycles. The highest BCUT2D eigenvalue weighted by atomic mass is 79.9. The fraction of sp³-hybridized carbons (Fsp3) is 0.154. The molecule has 4 rings (SSSR count). The molecule has 0 spiro atoms. The summed E-state index contributed by atoms with van der Waals surface area (Å²) in [6.07, 6.45) is 0. The van der Waals surface area contributed by atoms with Crippen LogP contribution in [-0.2, 0) is 11.3 Å². The first-order valence-electron chi connectivity index (χ1n) is 11.2. The zero-order valence-corrected chi connectivity index (χ0v) is 23.2. The predicted octanol–water partition coefficient (Wildman–Crippen LogP) is 5.66. The number of methoxy groups -OCH3 is 1. The van der Waals surface area contributed by atoms with Crippen LogP contribution < -0.4 is 15.4 Å². The Hall–Kier alpha value is -3.34. The van der Waals surface area contributed by atoms with Crippen molar-refractivity contribution in [3.05, 3.63) is 93.2 Å². The lowest BCUT2D eigenvalue weighted by molar-refractivity contribution is -0.113. The number of nitrogens with one attached hydrogen (secondary N) is 2. The van der Waals surface area contributed by atoms with Crippen LogP contribution in [0.25, 0.3) is 5.69 Å². The Labute approximate surface area is 231 Å². The van der Waals surface area contributed by atoms with Gasteiger partial charge in [-0.05, 0) is 67.1 Å². The molecule has 0 aliphatic carbocycles. The summed E-state index contributed by atoms with van der Waals surface area (Å²) in [5.74, 6) is 0.825. The Morgan fingerprint density at radius 1 is 1.08 bits per heavy atom. The highest BCUT2D eigenvalue weighted by Gasteiger charge is 2.18. The fourth-order valence-electron chi connectivity index (χ4n) is 3.46. The van der Waals surface area contributed by atoms with E-state index in [2.05, 4.69) is 36.8 Å². The smallest absolute Gasteiger partial charge is 0.253 e. The van der Waals surface area contributed by atoms with Gasteiger partial charge in [-0.2, -0.15) is 0 Å². The molecule has 2 N–H and O–H groups in total. The summed E-state index contributed by atoms with van der Waals surface area (Å²) in [6.45, 7) is 2.10. The van der Waals surface area contributed by atoms with Gasteiger partial charge in [0.1, 0.15) is 5.75 Å². The zero-order chi connectivity index (χ0) is 26.4. The zero-order valence-electron chi connectivity index (χ0n) is 20.0. The number of halogens is 2. The Morgan fingerprint density at radius 2 is 1.86 bits per heavy atom. The molecule has 1 aromatic heterocycles. The van der Waals surface area contributed by atoms with Crippen molar-refractivity contribution in [1.29, 1.82) is 0 Å². The van der Waals surface area contributed by atoms with E-state index < -0.39 is 0 Å². The SMILES string of the molecule is COc1ccc(NC(=O)CSc2nnc(CNC(=O)c3cc(Br)ccc3Cl)n2-c2cccc(C)c2)cc1. The topological polar surface area (TPSA) is 98.1 Å². The summed E-state index contributed by atoms with van der Waals surface area (Å²) in [5.41, 5.74) is 2.90. The molecule has 0 unspecified atom stereocenters. The number of carbonyl (C=O) groups is 2. The average Bonchev–Trinajstić information content (AvgIpc) is 3.30. The second-order valence-corrected chi connectivity index (χ2v) is 10.2. The van der Waals surface area contributed by atoms with Crippen LogP contribution in [-0.4, -0.2) is 39.4 Å². The second-order valence-electron chi connectivity index (χ2n) is 7.95. The number of rotatable bonds is 9. The predicted molar refractivity (Wildman–Crippen MR) is 149 cm³/mol. The minimum atomic E-state index is -0.335. The van der Waals surface area contributed by atoms with Gasteiger partial charge in [0.05, 0.1) is 30.0 Å². The summed E-state index contributed by atoms with van der Waals surface area (Å²) in [4.78, 5) is 25.4. The van der Waals surface area contributed by atoms with Crippen LogP contribution in [0.15, 0.2) is 76.4 Å². The number of hydrogen-bond acceptors (Lipinski definition) is 6. The molecule has 3 aromatic carbocycles. The molecule has 0 fully saturated rings. The van der Waals surface area contributed by atoms with Crippen molar-refractivity contribution in [2.75, 3.05) is 18.2 Å². The summed E-state index contributed by atoms with van der Waals surface area (Å²) in [7, 11) is 1.59. The van der Waals surface area contributed by atoms with Gasteiger partial charge in [-0.15, -0.1) is 10.2 Å². The number of nitrogens with zero attached hydrogens (tertiary/aromatic N) is 3. The van der Waals surface area contributed by atoms with Crippen LogP contribution >= 0.6 is 39.3 Å². The van der Waals surface area contributed by atoms with Gasteiger partial charge >= 0.3 is 0 Å². The molecule has 0 aliphatic heterocycles. The van der Waals surface area contributed by atoms with Crippen molar-refractivity contribution in [2.45, 2.75) is 18.6 Å². The van der Waals surface area contributed by atoms with Crippen molar-refractivity contribution in [2.24, 2.45) is 0 Å². The van der Waals surface area contributed by atoms with Crippen molar-refractivity contribution in [3.8, 4) is 11.4 Å². The van der Waals surface area contributed by atoms with Gasteiger partial charge in [0, 0.05) is 15.8 Å². The normalized spacial score (nSPS) is 10.7. The standard InChI is InChI=1S/C26H23BrClN5O3S/c1-16-4-3-5-19(12-16)33-23(14-29-25(35)21-13-17(27)6-11-22(21)28)31-32-26(33)37-15-24(34)30-18-7-9-20(36-2)10-8-18/h3-13H,14-15H2,1-2H3,(H,29,35)(H,30,34). The minimum absolute atomic E-state index is 0.112. The molecule has 0 saturated heterocycles. The van der Waals surface area contributed by atoms with Gasteiger partial charge in [-0.1, -0.05) is 51.4 Å². The van der Waals surface area contributed by atoms with Crippen LogP contribution in [0.1, 0.15) is 21.7 Å². The maximum absolute atomic E-state index is 12.8. The van der Waals surface area contributed by atoms with Gasteiger partial charge in [-0.3, -0.25) is 14.2 Å². The molecule has 2 amide bonds. The summed E-state index contributed by atoms with van der Waals surface area (Å²) >= 11 is 10.8. The number of aromatic nitrogens is 3. The lowest BCUT2D eigenvalue weighted by Gasteiger charge is -2.12. The number of hydrogen-bond donors (Lipinski definition) is 2. The van der Waals surface area contributed by atoms with Crippen LogP contribution in [0, 0.1) is 6.92 Å². The third kappa shape index (κ3) is 6.91. The molecular weight excluding hydrogens is 578 g/mol. The highest BCUT2D eigenvalue weighted by molar-refractivity contribution is 9.10. The lowest BCUT2D eigenvalue weighted by atomic mass is 10.2. The molecule has 37 heavy (non-hydrogen) atoms. The fourth-order valence-corrected chi connectivity index (χ4v) is 4.80. The van der Waals surface area contributed by atoms with Crippen molar-refractivity contribution >= 4 is 56.8 Å². The molecule has 4 aromatic rings. The Morgan fingerprint density at radius 3 is 2.59 bits per heavy atom. The van der Waals surface area contributed by atoms with E-state index in [1.165, 1.54) is 11.8 Å². The van der Waals surface area contributed by atoms with Crippen LogP contribution in [0.3, 0.4) is 0 Å². The van der Waals surface area contributed by atoms with Crippen LogP contribution in [0.2, 0.25) is 5.02 Å². The monoisotopic (exact) mass is 599 g/mol. The molecule has 1 heterocycles. The number of amides is 2. The largest absolute Gasteiger partial charge is 0.497 e. The van der Waals surface area contributed by atoms with Gasteiger partial charge in [-0.25, -0.2) is 0 Å². The first-order valence-corrected chi connectivity index (χ1v) is 13.3. The second kappa shape index (κ2) is 12.3. The van der Waals surface area contributed by atoms with Crippen LogP contribution in [0.4, 0.5) is 5.69 Å². The molecule has 0 radical (unpaired) electrons. The third-order valence-electron chi connectivity index (χ3n) is 5.25. The van der Waals surface area contributed by atoms with Gasteiger partial charge < -0.3 is 15.4 Å². The Balaban J connectivity index is 1.50. The maximum Gasteiger partial charge on any atom is 0.253 e. The number of carbonyl (C=O) groups excluding carboxylic acids is 2. The van der Waals surface area contributed by atoms with Crippen molar-refractivity contribution in [1.82, 2.24) is 20.1 Å². The lowest BCUT2D eigenvalue weighted by Crippen LogP contribution is -2.25. The van der Waals surface area contributed by atoms with Gasteiger partial charge in [0.15, 0.2) is 11.0 Å². The maximum atomic E-state index is 12.8. The molecule has 11 heteroatoms. The molecule has 0 aliphatic rings. The number of aryl methyl sites for hydroxylation is 1. The van der Waals surface area contributed by atoms with E-state index >= 15 is 0 Å². The van der Waals surface area contributed by atoms with Crippen LogP contribution in [0.5, 0.6) is 5.75 Å². The Bertz CT molecular complexity index is 1430. The number of ether oxygens (including phenoxy) is 1.